The lowest BCUT2D eigenvalue weighted by Crippen LogP contribution is -1.95. The molecular weight excluding hydrogens is 232 g/mol. The van der Waals surface area contributed by atoms with Crippen LogP contribution in [-0.2, 0) is 4.79 Å². The maximum absolute atomic E-state index is 10.8. The number of hydrogen-bond donors (Lipinski definition) is 1. The highest BCUT2D eigenvalue weighted by molar-refractivity contribution is 7.13. The highest BCUT2D eigenvalue weighted by Gasteiger charge is 2.02. The number of benzene rings is 1. The van der Waals surface area contributed by atoms with Gasteiger partial charge in [-0.2, -0.15) is 0 Å². The minimum absolute atomic E-state index is 0.341. The van der Waals surface area contributed by atoms with Gasteiger partial charge < -0.3 is 5.11 Å². The molecule has 2 nitrogen and oxygen atoms in total. The van der Waals surface area contributed by atoms with Gasteiger partial charge in [-0.1, -0.05) is 24.3 Å². The molecule has 0 aliphatic rings. The molecule has 1 aromatic heterocycles. The van der Waals surface area contributed by atoms with E-state index in [0.29, 0.717) is 5.57 Å². The summed E-state index contributed by atoms with van der Waals surface area (Å²) in [4.78, 5) is 11.9. The van der Waals surface area contributed by atoms with Crippen molar-refractivity contribution >= 4 is 23.4 Å². The van der Waals surface area contributed by atoms with Crippen molar-refractivity contribution in [3.63, 3.8) is 0 Å². The molecule has 0 spiro atoms. The monoisotopic (exact) mass is 244 g/mol. The van der Waals surface area contributed by atoms with Gasteiger partial charge in [-0.25, -0.2) is 4.79 Å². The van der Waals surface area contributed by atoms with E-state index in [0.717, 1.165) is 11.1 Å². The van der Waals surface area contributed by atoms with Crippen molar-refractivity contribution in [3.8, 4) is 10.4 Å². The first-order chi connectivity index (χ1) is 8.16. The van der Waals surface area contributed by atoms with Crippen molar-refractivity contribution in [2.24, 2.45) is 0 Å². The molecule has 0 bridgehead atoms. The number of thiophene rings is 1. The molecule has 0 aliphatic carbocycles. The number of carboxylic acids is 1. The summed E-state index contributed by atoms with van der Waals surface area (Å²) in [6, 6.07) is 11.9. The van der Waals surface area contributed by atoms with Gasteiger partial charge in [0, 0.05) is 10.5 Å². The third kappa shape index (κ3) is 2.82. The second-order valence-electron chi connectivity index (χ2n) is 3.74. The van der Waals surface area contributed by atoms with Gasteiger partial charge in [0.25, 0.3) is 0 Å². The second-order valence-corrected chi connectivity index (χ2v) is 4.68. The fourth-order valence-electron chi connectivity index (χ4n) is 1.54. The Morgan fingerprint density at radius 1 is 1.29 bits per heavy atom. The minimum atomic E-state index is -0.883. The van der Waals surface area contributed by atoms with Gasteiger partial charge in [0.05, 0.1) is 0 Å². The molecule has 0 unspecified atom stereocenters. The summed E-state index contributed by atoms with van der Waals surface area (Å²) in [5.41, 5.74) is 2.37. The van der Waals surface area contributed by atoms with Crippen LogP contribution in [0, 0.1) is 0 Å². The van der Waals surface area contributed by atoms with Crippen LogP contribution in [0.25, 0.3) is 16.5 Å². The Kier molecular flexibility index (Phi) is 3.40. The van der Waals surface area contributed by atoms with Crippen LogP contribution in [0.5, 0.6) is 0 Å². The van der Waals surface area contributed by atoms with Crippen molar-refractivity contribution in [2.45, 2.75) is 6.92 Å². The van der Waals surface area contributed by atoms with E-state index in [1.165, 1.54) is 4.88 Å². The average Bonchev–Trinajstić information content (AvgIpc) is 2.82. The third-order valence-corrected chi connectivity index (χ3v) is 3.33. The largest absolute Gasteiger partial charge is 0.478 e. The van der Waals surface area contributed by atoms with Crippen LogP contribution in [0.1, 0.15) is 12.5 Å². The molecule has 1 aromatic carbocycles. The molecule has 0 saturated heterocycles. The zero-order valence-corrected chi connectivity index (χ0v) is 10.2. The maximum atomic E-state index is 10.8. The Labute approximate surface area is 104 Å². The van der Waals surface area contributed by atoms with Crippen molar-refractivity contribution in [1.82, 2.24) is 0 Å². The predicted octanol–water partition coefficient (Wildman–Crippen LogP) is 3.90. The molecular formula is C14H12O2S. The van der Waals surface area contributed by atoms with Crippen LogP contribution in [0.4, 0.5) is 0 Å². The van der Waals surface area contributed by atoms with Crippen molar-refractivity contribution in [1.29, 1.82) is 0 Å². The van der Waals surface area contributed by atoms with E-state index in [2.05, 4.69) is 6.07 Å². The highest BCUT2D eigenvalue weighted by atomic mass is 32.1. The maximum Gasteiger partial charge on any atom is 0.331 e. The molecule has 0 amide bonds. The zero-order valence-electron chi connectivity index (χ0n) is 9.38. The van der Waals surface area contributed by atoms with Crippen LogP contribution >= 0.6 is 11.3 Å². The molecule has 0 radical (unpaired) electrons. The first kappa shape index (κ1) is 11.6. The zero-order chi connectivity index (χ0) is 12.3. The summed E-state index contributed by atoms with van der Waals surface area (Å²) in [6.07, 6.45) is 1.68. The Morgan fingerprint density at radius 2 is 2.12 bits per heavy atom. The first-order valence-electron chi connectivity index (χ1n) is 5.22. The normalized spacial score (nSPS) is 11.5. The van der Waals surface area contributed by atoms with Crippen LogP contribution in [0.2, 0.25) is 0 Å². The van der Waals surface area contributed by atoms with E-state index in [9.17, 15) is 4.79 Å². The van der Waals surface area contributed by atoms with E-state index in [1.807, 2.05) is 35.7 Å². The Hall–Kier alpha value is -1.87. The lowest BCUT2D eigenvalue weighted by molar-refractivity contribution is -0.132. The molecule has 1 heterocycles. The molecule has 1 N–H and O–H groups in total. The summed E-state index contributed by atoms with van der Waals surface area (Å²) in [5.74, 6) is -0.883. The van der Waals surface area contributed by atoms with Crippen molar-refractivity contribution in [3.05, 3.63) is 52.9 Å². The summed E-state index contributed by atoms with van der Waals surface area (Å²) >= 11 is 1.67. The van der Waals surface area contributed by atoms with Gasteiger partial charge in [-0.05, 0) is 41.6 Å². The van der Waals surface area contributed by atoms with Gasteiger partial charge >= 0.3 is 5.97 Å². The van der Waals surface area contributed by atoms with Crippen molar-refractivity contribution < 1.29 is 9.90 Å². The van der Waals surface area contributed by atoms with Gasteiger partial charge in [0.1, 0.15) is 0 Å². The van der Waals surface area contributed by atoms with E-state index in [4.69, 9.17) is 5.11 Å². The molecule has 86 valence electrons. The molecule has 3 heteroatoms. The van der Waals surface area contributed by atoms with Gasteiger partial charge in [0.15, 0.2) is 0 Å². The van der Waals surface area contributed by atoms with Crippen LogP contribution in [0.3, 0.4) is 0 Å². The lowest BCUT2D eigenvalue weighted by Gasteiger charge is -2.00. The van der Waals surface area contributed by atoms with Crippen molar-refractivity contribution in [2.75, 3.05) is 0 Å². The fourth-order valence-corrected chi connectivity index (χ4v) is 2.26. The Balaban J connectivity index is 2.36. The van der Waals surface area contributed by atoms with Gasteiger partial charge in [-0.3, -0.25) is 0 Å². The second kappa shape index (κ2) is 4.97. The summed E-state index contributed by atoms with van der Waals surface area (Å²) in [5, 5.41) is 10.9. The molecule has 0 saturated carbocycles. The lowest BCUT2D eigenvalue weighted by atomic mass is 10.1. The summed E-state index contributed by atoms with van der Waals surface area (Å²) in [6.45, 7) is 1.60. The predicted molar refractivity (Wildman–Crippen MR) is 71.0 cm³/mol. The molecule has 17 heavy (non-hydrogen) atoms. The standard InChI is InChI=1S/C14H12O2S/c1-10(14(15)16)8-11-4-2-5-12(9-11)13-6-3-7-17-13/h2-9H,1H3,(H,15,16)/b10-8+. The Morgan fingerprint density at radius 3 is 2.76 bits per heavy atom. The highest BCUT2D eigenvalue weighted by Crippen LogP contribution is 2.25. The third-order valence-electron chi connectivity index (χ3n) is 2.41. The van der Waals surface area contributed by atoms with E-state index < -0.39 is 5.97 Å². The number of aliphatic carboxylic acids is 1. The SMILES string of the molecule is C/C(=C\c1cccc(-c2cccs2)c1)C(=O)O. The average molecular weight is 244 g/mol. The van der Waals surface area contributed by atoms with Gasteiger partial charge in [-0.15, -0.1) is 11.3 Å². The summed E-state index contributed by atoms with van der Waals surface area (Å²) < 4.78 is 0. The molecule has 0 atom stereocenters. The number of hydrogen-bond acceptors (Lipinski definition) is 2. The molecule has 0 fully saturated rings. The first-order valence-corrected chi connectivity index (χ1v) is 6.10. The fraction of sp³-hybridized carbons (Fsp3) is 0.0714. The van der Waals surface area contributed by atoms with Crippen LogP contribution in [0.15, 0.2) is 47.4 Å². The Bertz CT molecular complexity index is 553. The van der Waals surface area contributed by atoms with E-state index in [1.54, 1.807) is 24.3 Å². The molecule has 0 aliphatic heterocycles. The molecule has 2 rings (SSSR count). The summed E-state index contributed by atoms with van der Waals surface area (Å²) in [7, 11) is 0. The van der Waals surface area contributed by atoms with E-state index in [-0.39, 0.29) is 0 Å². The molecule has 2 aromatic rings. The number of carboxylic acid groups (broad SMARTS) is 1. The number of rotatable bonds is 3. The quantitative estimate of drug-likeness (QED) is 0.831. The van der Waals surface area contributed by atoms with E-state index >= 15 is 0 Å². The van der Waals surface area contributed by atoms with Crippen LogP contribution in [-0.4, -0.2) is 11.1 Å². The van der Waals surface area contributed by atoms with Crippen LogP contribution < -0.4 is 0 Å². The minimum Gasteiger partial charge on any atom is -0.478 e. The smallest absolute Gasteiger partial charge is 0.331 e. The topological polar surface area (TPSA) is 37.3 Å². The van der Waals surface area contributed by atoms with Gasteiger partial charge in [0.2, 0.25) is 0 Å². The number of carbonyl (C=O) groups is 1.